The van der Waals surface area contributed by atoms with Crippen LogP contribution in [0.5, 0.6) is 0 Å². The number of nitrogens with zero attached hydrogens (tertiary/aromatic N) is 5. The third-order valence-electron chi connectivity index (χ3n) is 5.79. The van der Waals surface area contributed by atoms with Crippen LogP contribution in [-0.4, -0.2) is 32.9 Å². The van der Waals surface area contributed by atoms with E-state index in [4.69, 9.17) is 0 Å². The molecule has 140 valence electrons. The van der Waals surface area contributed by atoms with Gasteiger partial charge >= 0.3 is 0 Å². The number of fused-ring (bicyclic) bond motifs is 1. The third kappa shape index (κ3) is 3.48. The summed E-state index contributed by atoms with van der Waals surface area (Å²) < 4.78 is 1.89. The highest BCUT2D eigenvalue weighted by Gasteiger charge is 2.29. The number of hydrogen-bond acceptors (Lipinski definition) is 5. The van der Waals surface area contributed by atoms with E-state index in [1.54, 1.807) is 0 Å². The molecular formula is C21H26N6. The number of nitrogens with one attached hydrogen (secondary N) is 1. The SMILES string of the molecule is CC1CCN(c2ccc(CNc3ccc4nnc(C5CC5)n4n3)cc2)CC1. The molecule has 6 nitrogen and oxygen atoms in total. The summed E-state index contributed by atoms with van der Waals surface area (Å²) in [6.07, 6.45) is 4.98. The van der Waals surface area contributed by atoms with Crippen molar-refractivity contribution in [2.24, 2.45) is 5.92 Å². The molecule has 1 aromatic carbocycles. The van der Waals surface area contributed by atoms with Gasteiger partial charge in [0.25, 0.3) is 0 Å². The van der Waals surface area contributed by atoms with E-state index in [2.05, 4.69) is 56.7 Å². The summed E-state index contributed by atoms with van der Waals surface area (Å²) in [5, 5.41) is 16.6. The summed E-state index contributed by atoms with van der Waals surface area (Å²) in [7, 11) is 0. The van der Waals surface area contributed by atoms with Crippen molar-refractivity contribution in [1.82, 2.24) is 19.8 Å². The molecule has 6 heteroatoms. The maximum absolute atomic E-state index is 4.68. The zero-order valence-electron chi connectivity index (χ0n) is 15.8. The molecule has 1 N–H and O–H groups in total. The fourth-order valence-electron chi connectivity index (χ4n) is 3.78. The quantitative estimate of drug-likeness (QED) is 0.747. The second-order valence-corrected chi connectivity index (χ2v) is 8.01. The van der Waals surface area contributed by atoms with E-state index in [1.165, 1.54) is 50.0 Å². The van der Waals surface area contributed by atoms with Crippen LogP contribution in [0.15, 0.2) is 36.4 Å². The van der Waals surface area contributed by atoms with E-state index in [-0.39, 0.29) is 0 Å². The summed E-state index contributed by atoms with van der Waals surface area (Å²) in [5.74, 6) is 3.25. The van der Waals surface area contributed by atoms with Gasteiger partial charge in [-0.2, -0.15) is 4.52 Å². The number of benzene rings is 1. The Morgan fingerprint density at radius 3 is 2.48 bits per heavy atom. The predicted octanol–water partition coefficient (Wildman–Crippen LogP) is 3.85. The van der Waals surface area contributed by atoms with Crippen LogP contribution >= 0.6 is 0 Å². The van der Waals surface area contributed by atoms with E-state index in [0.717, 1.165) is 29.8 Å². The Morgan fingerprint density at radius 1 is 0.963 bits per heavy atom. The Balaban J connectivity index is 1.24. The van der Waals surface area contributed by atoms with Crippen molar-refractivity contribution >= 4 is 17.2 Å². The molecule has 1 aliphatic carbocycles. The summed E-state index contributed by atoms with van der Waals surface area (Å²) in [6, 6.07) is 12.9. The van der Waals surface area contributed by atoms with Gasteiger partial charge in [0.1, 0.15) is 5.82 Å². The Hall–Kier alpha value is -2.63. The lowest BCUT2D eigenvalue weighted by Gasteiger charge is -2.32. The van der Waals surface area contributed by atoms with Gasteiger partial charge in [-0.3, -0.25) is 0 Å². The first kappa shape index (κ1) is 16.5. The topological polar surface area (TPSA) is 58.3 Å². The minimum Gasteiger partial charge on any atom is -0.372 e. The van der Waals surface area contributed by atoms with Crippen LogP contribution in [0.25, 0.3) is 5.65 Å². The van der Waals surface area contributed by atoms with Gasteiger partial charge in [0.05, 0.1) is 0 Å². The summed E-state index contributed by atoms with van der Waals surface area (Å²) in [6.45, 7) is 5.46. The number of rotatable bonds is 5. The number of piperidine rings is 1. The lowest BCUT2D eigenvalue weighted by molar-refractivity contribution is 0.438. The molecular weight excluding hydrogens is 336 g/mol. The Bertz CT molecular complexity index is 919. The van der Waals surface area contributed by atoms with Gasteiger partial charge < -0.3 is 10.2 Å². The van der Waals surface area contributed by atoms with Crippen molar-refractivity contribution in [3.8, 4) is 0 Å². The summed E-state index contributed by atoms with van der Waals surface area (Å²) in [5.41, 5.74) is 3.42. The highest BCUT2D eigenvalue weighted by Crippen LogP contribution is 2.38. The van der Waals surface area contributed by atoms with Crippen molar-refractivity contribution in [2.45, 2.75) is 45.1 Å². The average Bonchev–Trinajstić information content (AvgIpc) is 3.46. The van der Waals surface area contributed by atoms with Crippen LogP contribution in [0.1, 0.15) is 49.9 Å². The normalized spacial score (nSPS) is 18.2. The van der Waals surface area contributed by atoms with Crippen LogP contribution in [0.2, 0.25) is 0 Å². The molecule has 0 amide bonds. The average molecular weight is 362 g/mol. The highest BCUT2D eigenvalue weighted by molar-refractivity contribution is 5.49. The molecule has 1 saturated carbocycles. The van der Waals surface area contributed by atoms with Crippen molar-refractivity contribution in [1.29, 1.82) is 0 Å². The molecule has 27 heavy (non-hydrogen) atoms. The fraction of sp³-hybridized carbons (Fsp3) is 0.476. The zero-order valence-corrected chi connectivity index (χ0v) is 15.8. The van der Waals surface area contributed by atoms with E-state index in [0.29, 0.717) is 5.92 Å². The van der Waals surface area contributed by atoms with Crippen molar-refractivity contribution < 1.29 is 0 Å². The second-order valence-electron chi connectivity index (χ2n) is 8.01. The molecule has 1 saturated heterocycles. The number of anilines is 2. The van der Waals surface area contributed by atoms with E-state index >= 15 is 0 Å². The molecule has 2 aliphatic rings. The fourth-order valence-corrected chi connectivity index (χ4v) is 3.78. The molecule has 0 unspecified atom stereocenters. The maximum atomic E-state index is 4.68. The van der Waals surface area contributed by atoms with Crippen LogP contribution in [-0.2, 0) is 6.54 Å². The van der Waals surface area contributed by atoms with Crippen molar-refractivity contribution in [3.05, 3.63) is 47.8 Å². The van der Waals surface area contributed by atoms with Gasteiger partial charge in [-0.15, -0.1) is 15.3 Å². The molecule has 2 fully saturated rings. The Kier molecular flexibility index (Phi) is 4.19. The molecule has 5 rings (SSSR count). The van der Waals surface area contributed by atoms with Crippen LogP contribution in [0, 0.1) is 5.92 Å². The van der Waals surface area contributed by atoms with Gasteiger partial charge in [-0.25, -0.2) is 0 Å². The monoisotopic (exact) mass is 362 g/mol. The largest absolute Gasteiger partial charge is 0.372 e. The molecule has 0 atom stereocenters. The molecule has 0 spiro atoms. The van der Waals surface area contributed by atoms with Crippen molar-refractivity contribution in [3.63, 3.8) is 0 Å². The minimum atomic E-state index is 0.535. The first-order valence-electron chi connectivity index (χ1n) is 10.1. The predicted molar refractivity (Wildman–Crippen MR) is 107 cm³/mol. The van der Waals surface area contributed by atoms with Gasteiger partial charge in [0.2, 0.25) is 0 Å². The standard InChI is InChI=1S/C21H26N6/c1-15-10-12-26(13-11-15)18-6-2-16(3-7-18)14-22-19-8-9-20-23-24-21(17-4-5-17)27(20)25-19/h2-3,6-9,15,17H,4-5,10-14H2,1H3,(H,22,25). The third-order valence-corrected chi connectivity index (χ3v) is 5.79. The molecule has 1 aliphatic heterocycles. The van der Waals surface area contributed by atoms with Gasteiger partial charge in [0, 0.05) is 31.2 Å². The Morgan fingerprint density at radius 2 is 1.74 bits per heavy atom. The summed E-state index contributed by atoms with van der Waals surface area (Å²) in [4.78, 5) is 2.50. The van der Waals surface area contributed by atoms with Gasteiger partial charge in [0.15, 0.2) is 11.5 Å². The first-order chi connectivity index (χ1) is 13.3. The smallest absolute Gasteiger partial charge is 0.178 e. The zero-order chi connectivity index (χ0) is 18.2. The minimum absolute atomic E-state index is 0.535. The number of aromatic nitrogens is 4. The van der Waals surface area contributed by atoms with Gasteiger partial charge in [-0.1, -0.05) is 19.1 Å². The molecule has 0 bridgehead atoms. The van der Waals surface area contributed by atoms with E-state index < -0.39 is 0 Å². The summed E-state index contributed by atoms with van der Waals surface area (Å²) >= 11 is 0. The second kappa shape index (κ2) is 6.83. The van der Waals surface area contributed by atoms with Gasteiger partial charge in [-0.05, 0) is 61.4 Å². The van der Waals surface area contributed by atoms with E-state index in [1.807, 2.05) is 16.6 Å². The number of hydrogen-bond donors (Lipinski definition) is 1. The lowest BCUT2D eigenvalue weighted by atomic mass is 9.99. The molecule has 0 radical (unpaired) electrons. The molecule has 3 heterocycles. The van der Waals surface area contributed by atoms with Crippen LogP contribution < -0.4 is 10.2 Å². The lowest BCUT2D eigenvalue weighted by Crippen LogP contribution is -2.32. The van der Waals surface area contributed by atoms with Crippen LogP contribution in [0.4, 0.5) is 11.5 Å². The first-order valence-corrected chi connectivity index (χ1v) is 10.1. The molecule has 2 aromatic heterocycles. The molecule has 3 aromatic rings. The highest BCUT2D eigenvalue weighted by atomic mass is 15.4. The van der Waals surface area contributed by atoms with E-state index in [9.17, 15) is 0 Å². The Labute approximate surface area is 159 Å². The van der Waals surface area contributed by atoms with Crippen molar-refractivity contribution in [2.75, 3.05) is 23.3 Å². The van der Waals surface area contributed by atoms with Crippen LogP contribution in [0.3, 0.4) is 0 Å². The maximum Gasteiger partial charge on any atom is 0.178 e.